The molecule has 0 amide bonds. The molecule has 0 aromatic heterocycles. The predicted molar refractivity (Wildman–Crippen MR) is 80.0 cm³/mol. The average Bonchev–Trinajstić information content (AvgIpc) is 2.47. The first kappa shape index (κ1) is 15.3. The summed E-state index contributed by atoms with van der Waals surface area (Å²) in [4.78, 5) is 19.2. The first-order valence-corrected chi connectivity index (χ1v) is 6.91. The zero-order chi connectivity index (χ0) is 16.2. The van der Waals surface area contributed by atoms with E-state index in [2.05, 4.69) is 11.8 Å². The molecule has 0 heterocycles. The minimum Gasteiger partial charge on any atom is -0.478 e. The molecular weight excluding hydrogens is 268 g/mol. The smallest absolute Gasteiger partial charge is 0.335 e. The molecule has 1 unspecified atom stereocenters. The highest BCUT2D eigenvalue weighted by molar-refractivity contribution is 5.87. The fraction of sp³-hybridized carbons (Fsp3) is 0.412. The number of hydrogen-bond acceptors (Lipinski definition) is 3. The Hall–Kier alpha value is -2.12. The summed E-state index contributed by atoms with van der Waals surface area (Å²) < 4.78 is 11.3. The summed E-state index contributed by atoms with van der Waals surface area (Å²) in [7, 11) is 0. The van der Waals surface area contributed by atoms with Crippen molar-refractivity contribution in [3.8, 4) is 11.8 Å². The molecule has 112 valence electrons. The van der Waals surface area contributed by atoms with E-state index in [-0.39, 0.29) is 12.9 Å². The lowest BCUT2D eigenvalue weighted by Gasteiger charge is -2.13. The van der Waals surface area contributed by atoms with Gasteiger partial charge in [0.2, 0.25) is 0 Å². The van der Waals surface area contributed by atoms with E-state index >= 15 is 0 Å². The molecule has 0 saturated carbocycles. The highest BCUT2D eigenvalue weighted by Crippen LogP contribution is 2.13. The number of carboxylic acids is 1. The SMILES string of the molecule is O=C(O)c1ccc(COC2C#CCCCCC2)cc1.[3H]C=O. The minimum absolute atomic E-state index is 0. The number of carbonyl (C=O) groups is 2. The molecule has 1 aromatic carbocycles. The van der Waals surface area contributed by atoms with Gasteiger partial charge in [-0.3, -0.25) is 0 Å². The van der Waals surface area contributed by atoms with Crippen LogP contribution in [0.4, 0.5) is 0 Å². The van der Waals surface area contributed by atoms with Gasteiger partial charge in [0.05, 0.1) is 12.2 Å². The van der Waals surface area contributed by atoms with E-state index in [1.807, 2.05) is 0 Å². The molecule has 2 rings (SSSR count). The van der Waals surface area contributed by atoms with Crippen LogP contribution in [0.1, 0.15) is 49.4 Å². The summed E-state index contributed by atoms with van der Waals surface area (Å²) in [6.45, 7) is 0.485. The quantitative estimate of drug-likeness (QED) is 0.866. The molecular formula is C17H20O4. The molecule has 0 aliphatic heterocycles. The van der Waals surface area contributed by atoms with E-state index in [4.69, 9.17) is 16.0 Å². The third-order valence-electron chi connectivity index (χ3n) is 3.18. The van der Waals surface area contributed by atoms with Gasteiger partial charge in [0.1, 0.15) is 14.2 Å². The third-order valence-corrected chi connectivity index (χ3v) is 3.18. The van der Waals surface area contributed by atoms with Gasteiger partial charge in [-0.15, -0.1) is 5.92 Å². The van der Waals surface area contributed by atoms with E-state index in [0.717, 1.165) is 24.8 Å². The van der Waals surface area contributed by atoms with Crippen molar-refractivity contribution in [1.29, 1.82) is 0 Å². The number of rotatable bonds is 4. The summed E-state index contributed by atoms with van der Waals surface area (Å²) >= 11 is 0. The van der Waals surface area contributed by atoms with Gasteiger partial charge in [-0.1, -0.05) is 24.5 Å². The van der Waals surface area contributed by atoms with E-state index in [1.54, 1.807) is 24.3 Å². The highest BCUT2D eigenvalue weighted by atomic mass is 16.5. The third kappa shape index (κ3) is 6.24. The van der Waals surface area contributed by atoms with Crippen LogP contribution in [0, 0.1) is 11.8 Å². The Balaban J connectivity index is 0.000000745. The molecule has 0 spiro atoms. The first-order chi connectivity index (χ1) is 10.7. The summed E-state index contributed by atoms with van der Waals surface area (Å²) in [5, 5.41) is 8.82. The number of carbonyl (C=O) groups excluding carboxylic acids is 1. The van der Waals surface area contributed by atoms with Crippen LogP contribution in [-0.4, -0.2) is 23.9 Å². The number of carboxylic acid groups (broad SMARTS) is 1. The zero-order valence-corrected chi connectivity index (χ0v) is 11.9. The molecule has 0 saturated heterocycles. The van der Waals surface area contributed by atoms with Crippen molar-refractivity contribution >= 4 is 12.7 Å². The van der Waals surface area contributed by atoms with Gasteiger partial charge in [-0.25, -0.2) is 4.79 Å². The summed E-state index contributed by atoms with van der Waals surface area (Å²) in [6, 6.07) is 6.79. The average molecular weight is 290 g/mol. The maximum absolute atomic E-state index is 10.7. The molecule has 0 fully saturated rings. The Morgan fingerprint density at radius 2 is 2.10 bits per heavy atom. The Labute approximate surface area is 126 Å². The van der Waals surface area contributed by atoms with Crippen LogP contribution in [0.5, 0.6) is 0 Å². The molecule has 1 atom stereocenters. The van der Waals surface area contributed by atoms with Crippen molar-refractivity contribution in [2.75, 3.05) is 0 Å². The van der Waals surface area contributed by atoms with Crippen molar-refractivity contribution < 1.29 is 20.8 Å². The van der Waals surface area contributed by atoms with Crippen LogP contribution in [-0.2, 0) is 16.1 Å². The first-order valence-electron chi connectivity index (χ1n) is 7.49. The van der Waals surface area contributed by atoms with Crippen molar-refractivity contribution in [3.05, 3.63) is 35.4 Å². The normalized spacial score (nSPS) is 17.7. The molecule has 4 heteroatoms. The Bertz CT molecular complexity index is 528. The van der Waals surface area contributed by atoms with Gasteiger partial charge < -0.3 is 14.6 Å². The van der Waals surface area contributed by atoms with Gasteiger partial charge in [-0.2, -0.15) is 0 Å². The minimum atomic E-state index is -0.904. The van der Waals surface area contributed by atoms with Crippen LogP contribution >= 0.6 is 0 Å². The van der Waals surface area contributed by atoms with Crippen molar-refractivity contribution in [2.45, 2.75) is 44.8 Å². The molecule has 1 aromatic rings. The molecule has 1 aliphatic carbocycles. The van der Waals surface area contributed by atoms with Gasteiger partial charge in [0, 0.05) is 6.42 Å². The number of benzene rings is 1. The molecule has 0 bridgehead atoms. The Kier molecular flexibility index (Phi) is 7.08. The van der Waals surface area contributed by atoms with Crippen molar-refractivity contribution in [3.63, 3.8) is 0 Å². The summed E-state index contributed by atoms with van der Waals surface area (Å²) in [6.07, 6.45) is 5.54. The molecule has 0 radical (unpaired) electrons. The monoisotopic (exact) mass is 290 g/mol. The van der Waals surface area contributed by atoms with Crippen molar-refractivity contribution in [2.24, 2.45) is 0 Å². The van der Waals surface area contributed by atoms with Crippen molar-refractivity contribution in [1.82, 2.24) is 0 Å². The van der Waals surface area contributed by atoms with Gasteiger partial charge in [-0.05, 0) is 37.0 Å². The number of aromatic carboxylic acids is 1. The largest absolute Gasteiger partial charge is 0.478 e. The molecule has 4 nitrogen and oxygen atoms in total. The van der Waals surface area contributed by atoms with Crippen LogP contribution in [0.15, 0.2) is 24.3 Å². The lowest BCUT2D eigenvalue weighted by atomic mass is 10.1. The standard InChI is InChI=1S/C16H18O3.CH2O/c17-16(18)14-10-8-13(9-11-14)12-19-15-6-4-2-1-3-5-7-15;1-2/h8-11,15H,1-4,6,12H2,(H,17,18);1H2/i;1T. The van der Waals surface area contributed by atoms with E-state index in [1.165, 1.54) is 12.8 Å². The fourth-order valence-corrected chi connectivity index (χ4v) is 2.04. The molecule has 1 aliphatic rings. The fourth-order valence-electron chi connectivity index (χ4n) is 2.04. The maximum Gasteiger partial charge on any atom is 0.335 e. The highest BCUT2D eigenvalue weighted by Gasteiger charge is 2.08. The van der Waals surface area contributed by atoms with Gasteiger partial charge in [0.25, 0.3) is 0 Å². The van der Waals surface area contributed by atoms with E-state index in [9.17, 15) is 4.79 Å². The Morgan fingerprint density at radius 3 is 2.76 bits per heavy atom. The van der Waals surface area contributed by atoms with Crippen LogP contribution in [0.3, 0.4) is 0 Å². The maximum atomic E-state index is 10.7. The summed E-state index contributed by atoms with van der Waals surface area (Å²) in [5.74, 6) is 5.40. The second-order valence-electron chi connectivity index (χ2n) is 4.72. The number of hydrogen-bond donors (Lipinski definition) is 1. The second kappa shape index (κ2) is 9.73. The predicted octanol–water partition coefficient (Wildman–Crippen LogP) is 3.05. The number of ether oxygens (including phenoxy) is 1. The lowest BCUT2D eigenvalue weighted by Crippen LogP contribution is -2.11. The second-order valence-corrected chi connectivity index (χ2v) is 4.72. The zero-order valence-electron chi connectivity index (χ0n) is 12.9. The van der Waals surface area contributed by atoms with Gasteiger partial charge >= 0.3 is 5.97 Å². The lowest BCUT2D eigenvalue weighted by molar-refractivity contribution is -0.0980. The summed E-state index contributed by atoms with van der Waals surface area (Å²) in [5.41, 5.74) is 1.28. The van der Waals surface area contributed by atoms with Gasteiger partial charge in [0.15, 0.2) is 0 Å². The molecule has 1 N–H and O–H groups in total. The van der Waals surface area contributed by atoms with E-state index < -0.39 is 5.97 Å². The molecule has 21 heavy (non-hydrogen) atoms. The topological polar surface area (TPSA) is 63.6 Å². The van der Waals surface area contributed by atoms with Crippen LogP contribution in [0.25, 0.3) is 0 Å². The van der Waals surface area contributed by atoms with Crippen LogP contribution < -0.4 is 0 Å². The van der Waals surface area contributed by atoms with Crippen LogP contribution in [0.2, 0.25) is 0 Å². The van der Waals surface area contributed by atoms with E-state index in [0.29, 0.717) is 12.2 Å². The Morgan fingerprint density at radius 1 is 1.38 bits per heavy atom.